The molecule has 0 saturated carbocycles. The van der Waals surface area contributed by atoms with Crippen molar-refractivity contribution in [1.29, 1.82) is 0 Å². The van der Waals surface area contributed by atoms with E-state index in [4.69, 9.17) is 23.1 Å². The van der Waals surface area contributed by atoms with E-state index in [9.17, 15) is 13.6 Å². The molecule has 2 aromatic rings. The van der Waals surface area contributed by atoms with Crippen LogP contribution >= 0.6 is 11.6 Å². The van der Waals surface area contributed by atoms with Crippen LogP contribution in [0.2, 0.25) is 5.02 Å². The average Bonchev–Trinajstić information content (AvgIpc) is 2.34. The Hall–Kier alpha value is -2.34. The Morgan fingerprint density at radius 3 is 2.50 bits per heavy atom. The van der Waals surface area contributed by atoms with Crippen LogP contribution in [0.5, 0.6) is 0 Å². The summed E-state index contributed by atoms with van der Waals surface area (Å²) in [4.78, 5) is 11.4. The summed E-state index contributed by atoms with van der Waals surface area (Å²) in [6.07, 6.45) is 0. The Morgan fingerprint density at radius 2 is 1.90 bits per heavy atom. The molecule has 4 nitrogen and oxygen atoms in total. The molecule has 0 fully saturated rings. The first-order valence-electron chi connectivity index (χ1n) is 5.49. The second kappa shape index (κ2) is 5.34. The molecule has 0 aliphatic carbocycles. The molecule has 0 aliphatic rings. The standard InChI is InChI=1S/C13H10ClF2N3O/c14-9-5-7(17)4-8(13(18)20)12(9)19-11-2-1-6(15)3-10(11)16/h1-5,19H,17H2,(H2,18,20). The number of hydrogen-bond donors (Lipinski definition) is 3. The van der Waals surface area contributed by atoms with Crippen LogP contribution in [0.1, 0.15) is 10.4 Å². The van der Waals surface area contributed by atoms with E-state index in [2.05, 4.69) is 5.32 Å². The molecule has 7 heteroatoms. The van der Waals surface area contributed by atoms with E-state index in [1.165, 1.54) is 18.2 Å². The number of carbonyl (C=O) groups excluding carboxylic acids is 1. The van der Waals surface area contributed by atoms with Crippen LogP contribution in [0.4, 0.5) is 25.8 Å². The third kappa shape index (κ3) is 2.80. The average molecular weight is 298 g/mol. The molecule has 0 aromatic heterocycles. The van der Waals surface area contributed by atoms with Crippen LogP contribution in [0.25, 0.3) is 0 Å². The van der Waals surface area contributed by atoms with Gasteiger partial charge in [0.05, 0.1) is 22.0 Å². The van der Waals surface area contributed by atoms with Gasteiger partial charge in [0.2, 0.25) is 0 Å². The SMILES string of the molecule is NC(=O)c1cc(N)cc(Cl)c1Nc1ccc(F)cc1F. The van der Waals surface area contributed by atoms with E-state index in [1.54, 1.807) is 0 Å². The lowest BCUT2D eigenvalue weighted by molar-refractivity contribution is 0.100. The van der Waals surface area contributed by atoms with E-state index >= 15 is 0 Å². The molecule has 0 saturated heterocycles. The van der Waals surface area contributed by atoms with Gasteiger partial charge in [-0.1, -0.05) is 11.6 Å². The number of primary amides is 1. The summed E-state index contributed by atoms with van der Waals surface area (Å²) in [6.45, 7) is 0. The molecule has 2 rings (SSSR count). The van der Waals surface area contributed by atoms with Crippen LogP contribution < -0.4 is 16.8 Å². The van der Waals surface area contributed by atoms with Crippen LogP contribution in [0.3, 0.4) is 0 Å². The van der Waals surface area contributed by atoms with Crippen molar-refractivity contribution in [3.8, 4) is 0 Å². The van der Waals surface area contributed by atoms with Crippen LogP contribution in [-0.4, -0.2) is 5.91 Å². The summed E-state index contributed by atoms with van der Waals surface area (Å²) >= 11 is 5.97. The molecule has 0 spiro atoms. The number of amides is 1. The Morgan fingerprint density at radius 1 is 1.20 bits per heavy atom. The Balaban J connectivity index is 2.50. The smallest absolute Gasteiger partial charge is 0.250 e. The van der Waals surface area contributed by atoms with Crippen molar-refractivity contribution < 1.29 is 13.6 Å². The normalized spacial score (nSPS) is 10.3. The topological polar surface area (TPSA) is 81.1 Å². The first-order valence-corrected chi connectivity index (χ1v) is 5.87. The molecular weight excluding hydrogens is 288 g/mol. The highest BCUT2D eigenvalue weighted by molar-refractivity contribution is 6.34. The van der Waals surface area contributed by atoms with Gasteiger partial charge in [-0.3, -0.25) is 4.79 Å². The minimum absolute atomic E-state index is 0.0127. The van der Waals surface area contributed by atoms with E-state index in [1.807, 2.05) is 0 Å². The number of nitrogens with two attached hydrogens (primary N) is 2. The maximum absolute atomic E-state index is 13.6. The number of benzene rings is 2. The molecule has 0 radical (unpaired) electrons. The molecule has 20 heavy (non-hydrogen) atoms. The fourth-order valence-electron chi connectivity index (χ4n) is 1.67. The second-order valence-corrected chi connectivity index (χ2v) is 4.45. The van der Waals surface area contributed by atoms with Gasteiger partial charge in [-0.05, 0) is 24.3 Å². The lowest BCUT2D eigenvalue weighted by Crippen LogP contribution is -2.14. The highest BCUT2D eigenvalue weighted by Crippen LogP contribution is 2.32. The third-order valence-electron chi connectivity index (χ3n) is 2.57. The maximum Gasteiger partial charge on any atom is 0.250 e. The molecule has 2 aromatic carbocycles. The number of rotatable bonds is 3. The third-order valence-corrected chi connectivity index (χ3v) is 2.87. The molecule has 0 aliphatic heterocycles. The Labute approximate surface area is 118 Å². The quantitative estimate of drug-likeness (QED) is 0.762. The van der Waals surface area contributed by atoms with E-state index in [-0.39, 0.29) is 27.6 Å². The summed E-state index contributed by atoms with van der Waals surface area (Å²) < 4.78 is 26.4. The number of anilines is 3. The minimum Gasteiger partial charge on any atom is -0.399 e. The highest BCUT2D eigenvalue weighted by atomic mass is 35.5. The van der Waals surface area contributed by atoms with Crippen molar-refractivity contribution in [3.63, 3.8) is 0 Å². The fourth-order valence-corrected chi connectivity index (χ4v) is 1.95. The summed E-state index contributed by atoms with van der Waals surface area (Å²) in [5.41, 5.74) is 11.1. The van der Waals surface area contributed by atoms with Crippen molar-refractivity contribution in [2.75, 3.05) is 11.1 Å². The monoisotopic (exact) mass is 297 g/mol. The van der Waals surface area contributed by atoms with Crippen molar-refractivity contribution in [2.24, 2.45) is 5.73 Å². The highest BCUT2D eigenvalue weighted by Gasteiger charge is 2.15. The fraction of sp³-hybridized carbons (Fsp3) is 0. The number of carbonyl (C=O) groups is 1. The minimum atomic E-state index is -0.826. The maximum atomic E-state index is 13.6. The predicted molar refractivity (Wildman–Crippen MR) is 74.0 cm³/mol. The molecule has 0 atom stereocenters. The largest absolute Gasteiger partial charge is 0.399 e. The number of hydrogen-bond acceptors (Lipinski definition) is 3. The molecular formula is C13H10ClF2N3O. The van der Waals surface area contributed by atoms with E-state index in [0.29, 0.717) is 6.07 Å². The van der Waals surface area contributed by atoms with E-state index < -0.39 is 17.5 Å². The van der Waals surface area contributed by atoms with Gasteiger partial charge in [-0.25, -0.2) is 8.78 Å². The summed E-state index contributed by atoms with van der Waals surface area (Å²) in [6, 6.07) is 5.66. The number of nitrogen functional groups attached to an aromatic ring is 1. The lowest BCUT2D eigenvalue weighted by atomic mass is 10.1. The molecule has 0 bridgehead atoms. The first kappa shape index (κ1) is 14.1. The van der Waals surface area contributed by atoms with Crippen molar-refractivity contribution >= 4 is 34.6 Å². The van der Waals surface area contributed by atoms with Gasteiger partial charge in [0, 0.05) is 11.8 Å². The molecule has 0 heterocycles. The molecule has 0 unspecified atom stereocenters. The molecule has 104 valence electrons. The lowest BCUT2D eigenvalue weighted by Gasteiger charge is -2.13. The zero-order chi connectivity index (χ0) is 14.9. The van der Waals surface area contributed by atoms with Crippen molar-refractivity contribution in [2.45, 2.75) is 0 Å². The van der Waals surface area contributed by atoms with E-state index in [0.717, 1.165) is 6.07 Å². The Kier molecular flexibility index (Phi) is 3.76. The predicted octanol–water partition coefficient (Wildman–Crippen LogP) is 3.04. The van der Waals surface area contributed by atoms with Crippen LogP contribution in [-0.2, 0) is 0 Å². The van der Waals surface area contributed by atoms with Crippen LogP contribution in [0.15, 0.2) is 30.3 Å². The number of nitrogens with one attached hydrogen (secondary N) is 1. The van der Waals surface area contributed by atoms with Gasteiger partial charge in [0.25, 0.3) is 5.91 Å². The first-order chi connectivity index (χ1) is 9.38. The van der Waals surface area contributed by atoms with Gasteiger partial charge in [-0.2, -0.15) is 0 Å². The van der Waals surface area contributed by atoms with Gasteiger partial charge in [0.1, 0.15) is 11.6 Å². The zero-order valence-corrected chi connectivity index (χ0v) is 10.8. The molecule has 1 amide bonds. The van der Waals surface area contributed by atoms with Crippen LogP contribution in [0, 0.1) is 11.6 Å². The zero-order valence-electron chi connectivity index (χ0n) is 10.1. The number of halogens is 3. The van der Waals surface area contributed by atoms with Gasteiger partial charge >= 0.3 is 0 Å². The summed E-state index contributed by atoms with van der Waals surface area (Å²) in [5.74, 6) is -2.32. The summed E-state index contributed by atoms with van der Waals surface area (Å²) in [7, 11) is 0. The van der Waals surface area contributed by atoms with Gasteiger partial charge in [0.15, 0.2) is 0 Å². The van der Waals surface area contributed by atoms with Gasteiger partial charge < -0.3 is 16.8 Å². The van der Waals surface area contributed by atoms with Crippen molar-refractivity contribution in [3.05, 3.63) is 52.6 Å². The Bertz CT molecular complexity index is 692. The second-order valence-electron chi connectivity index (χ2n) is 4.04. The summed E-state index contributed by atoms with van der Waals surface area (Å²) in [5, 5.41) is 2.71. The molecule has 5 N–H and O–H groups in total. The van der Waals surface area contributed by atoms with Gasteiger partial charge in [-0.15, -0.1) is 0 Å². The van der Waals surface area contributed by atoms with Crippen molar-refractivity contribution in [1.82, 2.24) is 0 Å².